The number of anilines is 2. The topological polar surface area (TPSA) is 66.9 Å². The third-order valence-corrected chi connectivity index (χ3v) is 3.93. The summed E-state index contributed by atoms with van der Waals surface area (Å²) < 4.78 is 1.61. The molecule has 0 aliphatic rings. The van der Waals surface area contributed by atoms with Crippen LogP contribution in [0.5, 0.6) is 0 Å². The maximum atomic E-state index is 12.2. The first-order valence-electron chi connectivity index (χ1n) is 6.36. The predicted molar refractivity (Wildman–Crippen MR) is 90.7 cm³/mol. The summed E-state index contributed by atoms with van der Waals surface area (Å²) in [6.45, 7) is 4.70. The minimum atomic E-state index is -0.309. The van der Waals surface area contributed by atoms with E-state index in [1.54, 1.807) is 12.1 Å². The van der Waals surface area contributed by atoms with Crippen LogP contribution in [0.3, 0.4) is 0 Å². The molecule has 0 bridgehead atoms. The molecule has 1 amide bonds. The van der Waals surface area contributed by atoms with Gasteiger partial charge in [0.2, 0.25) is 0 Å². The van der Waals surface area contributed by atoms with E-state index < -0.39 is 0 Å². The Morgan fingerprint density at radius 3 is 2.38 bits per heavy atom. The standard InChI is InChI=1S/C14H14Br2N4O/c1-3-17-12-5-4-11(19-20-12)14(21)18-13-9(15)6-8(2)7-10(13)16/h4-7H,3H2,1-2H3,(H,17,20)(H,18,21). The molecule has 0 spiro atoms. The van der Waals surface area contributed by atoms with Gasteiger partial charge in [0, 0.05) is 15.5 Å². The number of aromatic nitrogens is 2. The van der Waals surface area contributed by atoms with Gasteiger partial charge in [0.25, 0.3) is 5.91 Å². The fourth-order valence-electron chi connectivity index (χ4n) is 1.73. The van der Waals surface area contributed by atoms with E-state index in [1.807, 2.05) is 26.0 Å². The van der Waals surface area contributed by atoms with Crippen molar-refractivity contribution in [3.63, 3.8) is 0 Å². The highest BCUT2D eigenvalue weighted by Crippen LogP contribution is 2.32. The van der Waals surface area contributed by atoms with E-state index in [1.165, 1.54) is 0 Å². The molecule has 21 heavy (non-hydrogen) atoms. The average Bonchev–Trinajstić information content (AvgIpc) is 2.43. The summed E-state index contributed by atoms with van der Waals surface area (Å²) in [6, 6.07) is 7.22. The van der Waals surface area contributed by atoms with Gasteiger partial charge >= 0.3 is 0 Å². The van der Waals surface area contributed by atoms with Crippen LogP contribution in [0.4, 0.5) is 11.5 Å². The zero-order chi connectivity index (χ0) is 15.4. The molecule has 110 valence electrons. The second-order valence-electron chi connectivity index (χ2n) is 4.39. The molecule has 5 nitrogen and oxygen atoms in total. The lowest BCUT2D eigenvalue weighted by molar-refractivity contribution is 0.102. The number of rotatable bonds is 4. The van der Waals surface area contributed by atoms with E-state index >= 15 is 0 Å². The first kappa shape index (κ1) is 15.9. The van der Waals surface area contributed by atoms with Crippen molar-refractivity contribution in [1.82, 2.24) is 10.2 Å². The SMILES string of the molecule is CCNc1ccc(C(=O)Nc2c(Br)cc(C)cc2Br)nn1. The molecule has 2 N–H and O–H groups in total. The lowest BCUT2D eigenvalue weighted by Crippen LogP contribution is -2.15. The molecule has 1 aromatic heterocycles. The smallest absolute Gasteiger partial charge is 0.276 e. The van der Waals surface area contributed by atoms with Gasteiger partial charge in [-0.05, 0) is 75.5 Å². The minimum Gasteiger partial charge on any atom is -0.369 e. The Bertz CT molecular complexity index is 636. The summed E-state index contributed by atoms with van der Waals surface area (Å²) >= 11 is 6.88. The number of hydrogen-bond acceptors (Lipinski definition) is 4. The van der Waals surface area contributed by atoms with Crippen molar-refractivity contribution in [3.8, 4) is 0 Å². The van der Waals surface area contributed by atoms with Crippen molar-refractivity contribution in [2.45, 2.75) is 13.8 Å². The van der Waals surface area contributed by atoms with E-state index in [0.29, 0.717) is 11.5 Å². The first-order chi connectivity index (χ1) is 10.0. The maximum Gasteiger partial charge on any atom is 0.276 e. The third-order valence-electron chi connectivity index (χ3n) is 2.68. The number of halogens is 2. The van der Waals surface area contributed by atoms with Crippen LogP contribution in [-0.2, 0) is 0 Å². The van der Waals surface area contributed by atoms with Gasteiger partial charge in [-0.1, -0.05) is 0 Å². The molecule has 0 aliphatic heterocycles. The van der Waals surface area contributed by atoms with E-state index in [2.05, 4.69) is 52.7 Å². The molecule has 0 atom stereocenters. The Hall–Kier alpha value is -1.47. The largest absolute Gasteiger partial charge is 0.369 e. The second-order valence-corrected chi connectivity index (χ2v) is 6.10. The highest BCUT2D eigenvalue weighted by Gasteiger charge is 2.13. The highest BCUT2D eigenvalue weighted by molar-refractivity contribution is 9.11. The molecule has 0 saturated carbocycles. The zero-order valence-electron chi connectivity index (χ0n) is 11.6. The van der Waals surface area contributed by atoms with Gasteiger partial charge in [0.15, 0.2) is 5.69 Å². The number of aryl methyl sites for hydroxylation is 1. The molecular formula is C14H14Br2N4O. The Morgan fingerprint density at radius 2 is 1.86 bits per heavy atom. The van der Waals surface area contributed by atoms with Gasteiger partial charge in [-0.25, -0.2) is 0 Å². The molecule has 0 aliphatic carbocycles. The summed E-state index contributed by atoms with van der Waals surface area (Å²) in [4.78, 5) is 12.2. The van der Waals surface area contributed by atoms with Crippen LogP contribution in [0.2, 0.25) is 0 Å². The Labute approximate surface area is 139 Å². The lowest BCUT2D eigenvalue weighted by Gasteiger charge is -2.10. The second kappa shape index (κ2) is 7.00. The van der Waals surface area contributed by atoms with E-state index in [9.17, 15) is 4.79 Å². The van der Waals surface area contributed by atoms with Crippen molar-refractivity contribution < 1.29 is 4.79 Å². The summed E-state index contributed by atoms with van der Waals surface area (Å²) in [5.41, 5.74) is 2.01. The van der Waals surface area contributed by atoms with Crippen LogP contribution in [0, 0.1) is 6.92 Å². The molecule has 0 unspecified atom stereocenters. The predicted octanol–water partition coefficient (Wildman–Crippen LogP) is 3.99. The van der Waals surface area contributed by atoms with Crippen molar-refractivity contribution in [1.29, 1.82) is 0 Å². The van der Waals surface area contributed by atoms with Crippen molar-refractivity contribution >= 4 is 49.3 Å². The van der Waals surface area contributed by atoms with Crippen LogP contribution in [-0.4, -0.2) is 22.6 Å². The molecular weight excluding hydrogens is 400 g/mol. The van der Waals surface area contributed by atoms with Crippen LogP contribution in [0.1, 0.15) is 23.0 Å². The normalized spacial score (nSPS) is 10.3. The van der Waals surface area contributed by atoms with Gasteiger partial charge < -0.3 is 10.6 Å². The van der Waals surface area contributed by atoms with Crippen molar-refractivity contribution in [2.75, 3.05) is 17.2 Å². The van der Waals surface area contributed by atoms with Crippen molar-refractivity contribution in [3.05, 3.63) is 44.5 Å². The molecule has 1 heterocycles. The third kappa shape index (κ3) is 4.01. The van der Waals surface area contributed by atoms with Crippen LogP contribution in [0.25, 0.3) is 0 Å². The molecule has 0 radical (unpaired) electrons. The van der Waals surface area contributed by atoms with Crippen LogP contribution >= 0.6 is 31.9 Å². The number of amides is 1. The fourth-order valence-corrected chi connectivity index (χ4v) is 3.34. The average molecular weight is 414 g/mol. The summed E-state index contributed by atoms with van der Waals surface area (Å²) in [5, 5.41) is 13.7. The number of carbonyl (C=O) groups excluding carboxylic acids is 1. The monoisotopic (exact) mass is 412 g/mol. The number of hydrogen-bond donors (Lipinski definition) is 2. The Kier molecular flexibility index (Phi) is 5.30. The van der Waals surface area contributed by atoms with Gasteiger partial charge in [-0.15, -0.1) is 10.2 Å². The van der Waals surface area contributed by atoms with Gasteiger partial charge in [-0.3, -0.25) is 4.79 Å². The molecule has 0 fully saturated rings. The quantitative estimate of drug-likeness (QED) is 0.794. The van der Waals surface area contributed by atoms with E-state index in [-0.39, 0.29) is 11.6 Å². The van der Waals surface area contributed by atoms with Gasteiger partial charge in [0.05, 0.1) is 5.69 Å². The highest BCUT2D eigenvalue weighted by atomic mass is 79.9. The van der Waals surface area contributed by atoms with Crippen molar-refractivity contribution in [2.24, 2.45) is 0 Å². The number of nitrogens with one attached hydrogen (secondary N) is 2. The fraction of sp³-hybridized carbons (Fsp3) is 0.214. The molecule has 2 rings (SSSR count). The lowest BCUT2D eigenvalue weighted by atomic mass is 10.2. The van der Waals surface area contributed by atoms with Crippen LogP contribution < -0.4 is 10.6 Å². The van der Waals surface area contributed by atoms with Crippen LogP contribution in [0.15, 0.2) is 33.2 Å². The Morgan fingerprint density at radius 1 is 1.19 bits per heavy atom. The summed E-state index contributed by atoms with van der Waals surface area (Å²) in [5.74, 6) is 0.336. The minimum absolute atomic E-state index is 0.260. The van der Waals surface area contributed by atoms with E-state index in [4.69, 9.17) is 0 Å². The van der Waals surface area contributed by atoms with E-state index in [0.717, 1.165) is 21.1 Å². The van der Waals surface area contributed by atoms with Gasteiger partial charge in [-0.2, -0.15) is 0 Å². The Balaban J connectivity index is 2.18. The van der Waals surface area contributed by atoms with Gasteiger partial charge in [0.1, 0.15) is 5.82 Å². The zero-order valence-corrected chi connectivity index (χ0v) is 14.7. The number of benzene rings is 1. The molecule has 2 aromatic rings. The number of nitrogens with zero attached hydrogens (tertiary/aromatic N) is 2. The summed E-state index contributed by atoms with van der Waals surface area (Å²) in [6.07, 6.45) is 0. The molecule has 0 saturated heterocycles. The summed E-state index contributed by atoms with van der Waals surface area (Å²) in [7, 11) is 0. The first-order valence-corrected chi connectivity index (χ1v) is 7.94. The molecule has 7 heteroatoms. The molecule has 1 aromatic carbocycles. The maximum absolute atomic E-state index is 12.2. The number of carbonyl (C=O) groups is 1.